The van der Waals surface area contributed by atoms with Crippen LogP contribution in [0.3, 0.4) is 0 Å². The molecule has 44 valence electrons. The van der Waals surface area contributed by atoms with E-state index < -0.39 is 20.2 Å². The molecule has 0 aromatic heterocycles. The van der Waals surface area contributed by atoms with Crippen LogP contribution in [-0.2, 0) is 20.2 Å². The molecule has 0 fully saturated rings. The molecule has 1 rings (SSSR count). The first-order chi connectivity index (χ1) is 3.91. The van der Waals surface area contributed by atoms with E-state index in [-0.39, 0.29) is 0 Å². The molecule has 0 aromatic rings. The van der Waals surface area contributed by atoms with Crippen molar-refractivity contribution in [3.05, 3.63) is 24.3 Å². The second-order valence-electron chi connectivity index (χ2n) is 1.16. The molecule has 1 aliphatic carbocycles. The van der Waals surface area contributed by atoms with Crippen molar-refractivity contribution in [3.63, 3.8) is 0 Å². The third-order valence-corrected chi connectivity index (χ3v) is 0.655. The molecule has 0 radical (unpaired) electrons. The van der Waals surface area contributed by atoms with Gasteiger partial charge in [0.05, 0.1) is 0 Å². The molecule has 0 aliphatic heterocycles. The van der Waals surface area contributed by atoms with Gasteiger partial charge in [-0.25, -0.2) is 0 Å². The van der Waals surface area contributed by atoms with Crippen LogP contribution in [0.2, 0.25) is 0 Å². The van der Waals surface area contributed by atoms with Crippen molar-refractivity contribution < 1.29 is 26.4 Å². The molecule has 0 bridgehead atoms. The second kappa shape index (κ2) is 7.05. The second-order valence-corrected chi connectivity index (χ2v) is 1.39. The molecule has 3 heteroatoms. The van der Waals surface area contributed by atoms with Crippen LogP contribution in [0, 0.1) is 0 Å². The Morgan fingerprint density at radius 2 is 1.50 bits per heavy atom. The summed E-state index contributed by atoms with van der Waals surface area (Å²) in [5, 5.41) is 0. The SMILES string of the molecule is C1=CCC=C1.[F][Ti][F]. The van der Waals surface area contributed by atoms with Gasteiger partial charge in [0.1, 0.15) is 0 Å². The summed E-state index contributed by atoms with van der Waals surface area (Å²) in [5.41, 5.74) is 0. The maximum absolute atomic E-state index is 9.75. The van der Waals surface area contributed by atoms with Crippen LogP contribution in [0.25, 0.3) is 0 Å². The van der Waals surface area contributed by atoms with Gasteiger partial charge < -0.3 is 0 Å². The van der Waals surface area contributed by atoms with E-state index >= 15 is 0 Å². The third kappa shape index (κ3) is 6.05. The minimum atomic E-state index is -2.50. The Kier molecular flexibility index (Phi) is 7.10. The van der Waals surface area contributed by atoms with Crippen LogP contribution >= 0.6 is 0 Å². The molecular weight excluding hydrogens is 146 g/mol. The van der Waals surface area contributed by atoms with Crippen molar-refractivity contribution in [2.75, 3.05) is 0 Å². The van der Waals surface area contributed by atoms with Crippen molar-refractivity contribution in [1.29, 1.82) is 0 Å². The Balaban J connectivity index is 0.000000145. The molecule has 0 unspecified atom stereocenters. The van der Waals surface area contributed by atoms with Crippen molar-refractivity contribution in [2.45, 2.75) is 6.42 Å². The average Bonchev–Trinajstić information content (AvgIpc) is 2.17. The molecule has 8 heavy (non-hydrogen) atoms. The first kappa shape index (κ1) is 8.05. The Labute approximate surface area is 57.6 Å². The van der Waals surface area contributed by atoms with E-state index in [1.165, 1.54) is 0 Å². The third-order valence-electron chi connectivity index (χ3n) is 0.655. The summed E-state index contributed by atoms with van der Waals surface area (Å²) in [6.07, 6.45) is 9.50. The first-order valence-electron chi connectivity index (χ1n) is 2.19. The summed E-state index contributed by atoms with van der Waals surface area (Å²) in [5.74, 6) is 0. The topological polar surface area (TPSA) is 0 Å². The van der Waals surface area contributed by atoms with Gasteiger partial charge in [0.2, 0.25) is 0 Å². The Morgan fingerprint density at radius 1 is 1.12 bits per heavy atom. The Hall–Kier alpha value is 0.0543. The Morgan fingerprint density at radius 3 is 1.62 bits per heavy atom. The van der Waals surface area contributed by atoms with E-state index in [1.807, 2.05) is 0 Å². The number of halogens is 2. The minimum absolute atomic E-state index is 1.14. The molecule has 0 spiro atoms. The van der Waals surface area contributed by atoms with Gasteiger partial charge in [-0.15, -0.1) is 0 Å². The zero-order valence-corrected chi connectivity index (χ0v) is 5.83. The molecule has 0 amide bonds. The fourth-order valence-electron chi connectivity index (χ4n) is 0.393. The van der Waals surface area contributed by atoms with Crippen LogP contribution < -0.4 is 0 Å². The number of allylic oxidation sites excluding steroid dienone is 4. The van der Waals surface area contributed by atoms with E-state index in [9.17, 15) is 6.18 Å². The maximum atomic E-state index is 9.75. The van der Waals surface area contributed by atoms with Crippen molar-refractivity contribution in [2.24, 2.45) is 0 Å². The summed E-state index contributed by atoms with van der Waals surface area (Å²) in [4.78, 5) is 0. The van der Waals surface area contributed by atoms with E-state index in [0.29, 0.717) is 0 Å². The zero-order chi connectivity index (χ0) is 6.24. The van der Waals surface area contributed by atoms with Gasteiger partial charge in [-0.3, -0.25) is 0 Å². The van der Waals surface area contributed by atoms with Crippen LogP contribution in [0.1, 0.15) is 6.42 Å². The predicted molar refractivity (Wildman–Crippen MR) is 25.1 cm³/mol. The molecule has 0 nitrogen and oxygen atoms in total. The standard InChI is InChI=1S/C5H6.2FH.Ti/c1-2-4-5-3-1;;;/h1-4H,5H2;2*1H;/q;;;+2/p-2. The van der Waals surface area contributed by atoms with Crippen molar-refractivity contribution >= 4 is 0 Å². The fraction of sp³-hybridized carbons (Fsp3) is 0.200. The first-order valence-corrected chi connectivity index (χ1v) is 3.37. The van der Waals surface area contributed by atoms with Crippen molar-refractivity contribution in [3.8, 4) is 0 Å². The van der Waals surface area contributed by atoms with Gasteiger partial charge in [-0.1, -0.05) is 24.3 Å². The predicted octanol–water partition coefficient (Wildman–Crippen LogP) is 2.34. The number of hydrogen-bond donors (Lipinski definition) is 0. The normalized spacial score (nSPS) is 12.8. The van der Waals surface area contributed by atoms with Crippen LogP contribution in [0.15, 0.2) is 24.3 Å². The van der Waals surface area contributed by atoms with Crippen LogP contribution in [-0.4, -0.2) is 0 Å². The monoisotopic (exact) mass is 152 g/mol. The number of rotatable bonds is 0. The van der Waals surface area contributed by atoms with E-state index in [0.717, 1.165) is 6.42 Å². The van der Waals surface area contributed by atoms with Gasteiger partial charge in [0.15, 0.2) is 0 Å². The summed E-state index contributed by atoms with van der Waals surface area (Å²) < 4.78 is 19.5. The van der Waals surface area contributed by atoms with Crippen molar-refractivity contribution in [1.82, 2.24) is 0 Å². The zero-order valence-electron chi connectivity index (χ0n) is 4.27. The molecule has 0 N–H and O–H groups in total. The van der Waals surface area contributed by atoms with Gasteiger partial charge in [0, 0.05) is 0 Å². The molecule has 0 heterocycles. The molecule has 0 atom stereocenters. The van der Waals surface area contributed by atoms with E-state index in [4.69, 9.17) is 0 Å². The molecular formula is C5H6F2Ti. The molecule has 1 aliphatic rings. The Bertz CT molecular complexity index is 78.4. The van der Waals surface area contributed by atoms with Gasteiger partial charge in [0.25, 0.3) is 0 Å². The van der Waals surface area contributed by atoms with Gasteiger partial charge in [-0.2, -0.15) is 0 Å². The van der Waals surface area contributed by atoms with Gasteiger partial charge in [-0.05, 0) is 6.42 Å². The molecule has 0 aromatic carbocycles. The summed E-state index contributed by atoms with van der Waals surface area (Å²) in [6, 6.07) is 0. The summed E-state index contributed by atoms with van der Waals surface area (Å²) in [7, 11) is 0. The van der Waals surface area contributed by atoms with Gasteiger partial charge >= 0.3 is 26.4 Å². The summed E-state index contributed by atoms with van der Waals surface area (Å²) >= 11 is -2.50. The van der Waals surface area contributed by atoms with Crippen LogP contribution in [0.4, 0.5) is 6.18 Å². The van der Waals surface area contributed by atoms with E-state index in [1.54, 1.807) is 0 Å². The average molecular weight is 152 g/mol. The van der Waals surface area contributed by atoms with Crippen LogP contribution in [0.5, 0.6) is 0 Å². The molecule has 0 saturated carbocycles. The quantitative estimate of drug-likeness (QED) is 0.467. The summed E-state index contributed by atoms with van der Waals surface area (Å²) in [6.45, 7) is 0. The molecule has 0 saturated heterocycles. The fourth-order valence-corrected chi connectivity index (χ4v) is 0.393. The van der Waals surface area contributed by atoms with E-state index in [2.05, 4.69) is 24.3 Å². The number of hydrogen-bond acceptors (Lipinski definition) is 0.